The molecule has 2 rings (SSSR count). The number of methoxy groups -OCH3 is 1. The molecule has 0 saturated heterocycles. The van der Waals surface area contributed by atoms with Gasteiger partial charge in [-0.25, -0.2) is 0 Å². The minimum atomic E-state index is 0.0222. The zero-order valence-corrected chi connectivity index (χ0v) is 14.4. The second-order valence-electron chi connectivity index (χ2n) is 5.66. The Morgan fingerprint density at radius 3 is 2.75 bits per heavy atom. The summed E-state index contributed by atoms with van der Waals surface area (Å²) in [7, 11) is 1.60. The first kappa shape index (κ1) is 17.8. The topological polar surface area (TPSA) is 60.5 Å². The molecule has 0 aliphatic carbocycles. The first-order valence-corrected chi connectivity index (χ1v) is 8.10. The van der Waals surface area contributed by atoms with Crippen LogP contribution in [0.2, 0.25) is 0 Å². The van der Waals surface area contributed by atoms with Gasteiger partial charge in [-0.05, 0) is 30.2 Å². The molecule has 0 aliphatic rings. The van der Waals surface area contributed by atoms with Crippen molar-refractivity contribution in [1.82, 2.24) is 10.3 Å². The van der Waals surface area contributed by atoms with E-state index in [1.807, 2.05) is 44.2 Å². The number of rotatable bonds is 8. The second kappa shape index (κ2) is 8.91. The molecule has 1 atom stereocenters. The monoisotopic (exact) mass is 328 g/mol. The van der Waals surface area contributed by atoms with Crippen molar-refractivity contribution in [2.75, 3.05) is 7.11 Å². The Hall–Kier alpha value is -2.56. The third-order valence-electron chi connectivity index (χ3n) is 3.87. The summed E-state index contributed by atoms with van der Waals surface area (Å²) in [5.74, 6) is 1.40. The van der Waals surface area contributed by atoms with Crippen LogP contribution in [0.25, 0.3) is 0 Å². The summed E-state index contributed by atoms with van der Waals surface area (Å²) >= 11 is 0. The van der Waals surface area contributed by atoms with Crippen molar-refractivity contribution in [2.24, 2.45) is 5.92 Å². The molecule has 0 saturated carbocycles. The first-order valence-electron chi connectivity index (χ1n) is 8.10. The van der Waals surface area contributed by atoms with E-state index in [9.17, 15) is 4.79 Å². The average Bonchev–Trinajstić information content (AvgIpc) is 2.64. The maximum Gasteiger partial charge on any atom is 0.223 e. The molecule has 5 heteroatoms. The van der Waals surface area contributed by atoms with Crippen LogP contribution in [0.5, 0.6) is 11.5 Å². The van der Waals surface area contributed by atoms with Crippen molar-refractivity contribution < 1.29 is 14.3 Å². The van der Waals surface area contributed by atoms with Gasteiger partial charge >= 0.3 is 0 Å². The van der Waals surface area contributed by atoms with Crippen molar-refractivity contribution in [1.29, 1.82) is 0 Å². The molecule has 0 spiro atoms. The molecular weight excluding hydrogens is 304 g/mol. The lowest BCUT2D eigenvalue weighted by Crippen LogP contribution is -2.28. The van der Waals surface area contributed by atoms with Crippen LogP contribution in [-0.2, 0) is 17.9 Å². The zero-order chi connectivity index (χ0) is 17.4. The fourth-order valence-corrected chi connectivity index (χ4v) is 2.13. The Labute approximate surface area is 143 Å². The third-order valence-corrected chi connectivity index (χ3v) is 3.87. The van der Waals surface area contributed by atoms with Crippen molar-refractivity contribution >= 4 is 5.91 Å². The molecule has 1 amide bonds. The average molecular weight is 328 g/mol. The van der Waals surface area contributed by atoms with Crippen LogP contribution < -0.4 is 14.8 Å². The Morgan fingerprint density at radius 1 is 1.25 bits per heavy atom. The smallest absolute Gasteiger partial charge is 0.223 e. The van der Waals surface area contributed by atoms with Crippen LogP contribution in [0.3, 0.4) is 0 Å². The second-order valence-corrected chi connectivity index (χ2v) is 5.66. The fraction of sp³-hybridized carbons (Fsp3) is 0.368. The van der Waals surface area contributed by atoms with Crippen molar-refractivity contribution in [3.05, 3.63) is 53.9 Å². The molecule has 1 aromatic carbocycles. The minimum absolute atomic E-state index is 0.0222. The summed E-state index contributed by atoms with van der Waals surface area (Å²) < 4.78 is 11.2. The number of hydrogen-bond donors (Lipinski definition) is 1. The highest BCUT2D eigenvalue weighted by atomic mass is 16.5. The van der Waals surface area contributed by atoms with Gasteiger partial charge in [0.15, 0.2) is 11.5 Å². The molecule has 1 unspecified atom stereocenters. The van der Waals surface area contributed by atoms with Gasteiger partial charge in [-0.3, -0.25) is 9.78 Å². The van der Waals surface area contributed by atoms with E-state index in [4.69, 9.17) is 9.47 Å². The predicted octanol–water partition coefficient (Wildman–Crippen LogP) is 3.33. The fourth-order valence-electron chi connectivity index (χ4n) is 2.13. The zero-order valence-electron chi connectivity index (χ0n) is 14.4. The van der Waals surface area contributed by atoms with Crippen LogP contribution in [0, 0.1) is 5.92 Å². The van der Waals surface area contributed by atoms with Gasteiger partial charge in [-0.2, -0.15) is 0 Å². The highest BCUT2D eigenvalue weighted by Crippen LogP contribution is 2.28. The van der Waals surface area contributed by atoms with E-state index in [1.54, 1.807) is 19.5 Å². The Morgan fingerprint density at radius 2 is 2.08 bits per heavy atom. The Balaban J connectivity index is 1.98. The molecule has 0 aliphatic heterocycles. The molecule has 2 aromatic rings. The van der Waals surface area contributed by atoms with Gasteiger partial charge in [0.25, 0.3) is 0 Å². The van der Waals surface area contributed by atoms with Gasteiger partial charge in [0, 0.05) is 30.4 Å². The van der Waals surface area contributed by atoms with Crippen LogP contribution in [0.15, 0.2) is 42.7 Å². The summed E-state index contributed by atoms with van der Waals surface area (Å²) in [6.07, 6.45) is 4.33. The quantitative estimate of drug-likeness (QED) is 0.807. The SMILES string of the molecule is CCC(C)C(=O)NCc1ccc(OCc2cccnc2)c(OC)c1. The standard InChI is InChI=1S/C19H24N2O3/c1-4-14(2)19(22)21-12-15-7-8-17(18(10-15)23-3)24-13-16-6-5-9-20-11-16/h5-11,14H,4,12-13H2,1-3H3,(H,21,22). The largest absolute Gasteiger partial charge is 0.493 e. The molecule has 24 heavy (non-hydrogen) atoms. The number of pyridine rings is 1. The molecule has 5 nitrogen and oxygen atoms in total. The van der Waals surface area contributed by atoms with E-state index in [0.717, 1.165) is 17.5 Å². The van der Waals surface area contributed by atoms with Gasteiger partial charge in [0.05, 0.1) is 7.11 Å². The lowest BCUT2D eigenvalue weighted by molar-refractivity contribution is -0.124. The van der Waals surface area contributed by atoms with E-state index in [0.29, 0.717) is 24.7 Å². The van der Waals surface area contributed by atoms with Gasteiger partial charge in [-0.1, -0.05) is 26.0 Å². The molecule has 1 N–H and O–H groups in total. The van der Waals surface area contributed by atoms with Crippen LogP contribution >= 0.6 is 0 Å². The number of benzene rings is 1. The number of amides is 1. The van der Waals surface area contributed by atoms with Crippen molar-refractivity contribution in [3.63, 3.8) is 0 Å². The third kappa shape index (κ3) is 4.98. The number of hydrogen-bond acceptors (Lipinski definition) is 4. The van der Waals surface area contributed by atoms with Crippen LogP contribution in [0.1, 0.15) is 31.4 Å². The number of nitrogens with zero attached hydrogens (tertiary/aromatic N) is 1. The number of aromatic nitrogens is 1. The predicted molar refractivity (Wildman–Crippen MR) is 92.9 cm³/mol. The minimum Gasteiger partial charge on any atom is -0.493 e. The Kier molecular flexibility index (Phi) is 6.61. The number of carbonyl (C=O) groups is 1. The van der Waals surface area contributed by atoms with Crippen LogP contribution in [-0.4, -0.2) is 18.0 Å². The van der Waals surface area contributed by atoms with Crippen molar-refractivity contribution in [2.45, 2.75) is 33.4 Å². The highest BCUT2D eigenvalue weighted by molar-refractivity contribution is 5.78. The van der Waals surface area contributed by atoms with Crippen molar-refractivity contribution in [3.8, 4) is 11.5 Å². The van der Waals surface area contributed by atoms with Gasteiger partial charge in [0.2, 0.25) is 5.91 Å². The highest BCUT2D eigenvalue weighted by Gasteiger charge is 2.11. The van der Waals surface area contributed by atoms with Crippen LogP contribution in [0.4, 0.5) is 0 Å². The maximum absolute atomic E-state index is 11.9. The van der Waals surface area contributed by atoms with Gasteiger partial charge in [-0.15, -0.1) is 0 Å². The van der Waals surface area contributed by atoms with Gasteiger partial charge < -0.3 is 14.8 Å². The summed E-state index contributed by atoms with van der Waals surface area (Å²) in [6, 6.07) is 9.50. The van der Waals surface area contributed by atoms with E-state index in [-0.39, 0.29) is 11.8 Å². The maximum atomic E-state index is 11.9. The van der Waals surface area contributed by atoms with E-state index in [2.05, 4.69) is 10.3 Å². The number of carbonyl (C=O) groups excluding carboxylic acids is 1. The molecule has 1 heterocycles. The molecule has 128 valence electrons. The lowest BCUT2D eigenvalue weighted by Gasteiger charge is -2.13. The normalized spacial score (nSPS) is 11.6. The summed E-state index contributed by atoms with van der Waals surface area (Å²) in [5, 5.41) is 2.93. The number of nitrogens with one attached hydrogen (secondary N) is 1. The Bertz CT molecular complexity index is 659. The van der Waals surface area contributed by atoms with E-state index < -0.39 is 0 Å². The summed E-state index contributed by atoms with van der Waals surface area (Å²) in [6.45, 7) is 4.82. The first-order chi connectivity index (χ1) is 11.6. The molecule has 0 fully saturated rings. The summed E-state index contributed by atoms with van der Waals surface area (Å²) in [5.41, 5.74) is 1.96. The van der Waals surface area contributed by atoms with E-state index >= 15 is 0 Å². The molecule has 0 bridgehead atoms. The molecule has 1 aromatic heterocycles. The molecule has 0 radical (unpaired) electrons. The number of ether oxygens (including phenoxy) is 2. The summed E-state index contributed by atoms with van der Waals surface area (Å²) in [4.78, 5) is 15.9. The van der Waals surface area contributed by atoms with E-state index in [1.165, 1.54) is 0 Å². The lowest BCUT2D eigenvalue weighted by atomic mass is 10.1. The van der Waals surface area contributed by atoms with Gasteiger partial charge in [0.1, 0.15) is 6.61 Å². The molecular formula is C19H24N2O3.